The van der Waals surface area contributed by atoms with Gasteiger partial charge in [0.15, 0.2) is 0 Å². The van der Waals surface area contributed by atoms with Gasteiger partial charge in [0, 0.05) is 32.0 Å². The quantitative estimate of drug-likeness (QED) is 0.725. The van der Waals surface area contributed by atoms with E-state index in [1.54, 1.807) is 0 Å². The molecule has 2 aliphatic heterocycles. The average molecular weight is 348 g/mol. The first-order valence-electron chi connectivity index (χ1n) is 9.61. The number of likely N-dealkylation sites (tertiary alicyclic amines) is 1. The second-order valence-electron chi connectivity index (χ2n) is 7.38. The Hall–Kier alpha value is -2.47. The lowest BCUT2D eigenvalue weighted by Crippen LogP contribution is -2.23. The molecule has 0 saturated carbocycles. The molecular formula is C20H24N6. The van der Waals surface area contributed by atoms with Crippen molar-refractivity contribution in [1.29, 1.82) is 0 Å². The number of pyridine rings is 2. The first-order chi connectivity index (χ1) is 12.9. The van der Waals surface area contributed by atoms with E-state index in [1.165, 1.54) is 30.5 Å². The summed E-state index contributed by atoms with van der Waals surface area (Å²) in [4.78, 5) is 9.19. The van der Waals surface area contributed by atoms with Crippen LogP contribution in [0.4, 0.5) is 5.69 Å². The lowest BCUT2D eigenvalue weighted by Gasteiger charge is -2.23. The zero-order valence-corrected chi connectivity index (χ0v) is 15.0. The van der Waals surface area contributed by atoms with Gasteiger partial charge >= 0.3 is 0 Å². The van der Waals surface area contributed by atoms with E-state index < -0.39 is 0 Å². The summed E-state index contributed by atoms with van der Waals surface area (Å²) >= 11 is 0. The highest BCUT2D eigenvalue weighted by Gasteiger charge is 2.30. The van der Waals surface area contributed by atoms with Crippen molar-refractivity contribution < 1.29 is 0 Å². The molecule has 1 unspecified atom stereocenters. The number of hydrogen-bond donors (Lipinski definition) is 0. The number of aromatic nitrogens is 4. The molecule has 0 bridgehead atoms. The second kappa shape index (κ2) is 6.68. The van der Waals surface area contributed by atoms with Crippen LogP contribution < -0.4 is 4.90 Å². The van der Waals surface area contributed by atoms with Crippen molar-refractivity contribution in [3.05, 3.63) is 54.1 Å². The highest BCUT2D eigenvalue weighted by atomic mass is 15.4. The average Bonchev–Trinajstić information content (AvgIpc) is 3.42. The number of fused-ring (bicyclic) bond motifs is 1. The van der Waals surface area contributed by atoms with E-state index in [4.69, 9.17) is 0 Å². The van der Waals surface area contributed by atoms with Crippen molar-refractivity contribution >= 4 is 11.2 Å². The maximum atomic E-state index is 4.57. The lowest BCUT2D eigenvalue weighted by atomic mass is 10.1. The van der Waals surface area contributed by atoms with Crippen LogP contribution in [0.2, 0.25) is 0 Å². The molecule has 0 N–H and O–H groups in total. The smallest absolute Gasteiger partial charge is 0.108 e. The summed E-state index contributed by atoms with van der Waals surface area (Å²) in [5, 5.41) is 9.01. The molecule has 2 fully saturated rings. The van der Waals surface area contributed by atoms with Crippen LogP contribution in [0.25, 0.3) is 5.52 Å². The molecule has 134 valence electrons. The van der Waals surface area contributed by atoms with Crippen molar-refractivity contribution in [2.75, 3.05) is 24.5 Å². The van der Waals surface area contributed by atoms with Crippen LogP contribution in [0, 0.1) is 0 Å². The van der Waals surface area contributed by atoms with Gasteiger partial charge < -0.3 is 4.90 Å². The molecule has 0 amide bonds. The van der Waals surface area contributed by atoms with E-state index in [0.717, 1.165) is 43.8 Å². The van der Waals surface area contributed by atoms with E-state index >= 15 is 0 Å². The summed E-state index contributed by atoms with van der Waals surface area (Å²) in [6, 6.07) is 8.92. The van der Waals surface area contributed by atoms with Gasteiger partial charge in [0.2, 0.25) is 0 Å². The molecular weight excluding hydrogens is 324 g/mol. The molecule has 26 heavy (non-hydrogen) atoms. The fourth-order valence-corrected chi connectivity index (χ4v) is 4.35. The van der Waals surface area contributed by atoms with Crippen LogP contribution in [0.1, 0.15) is 43.0 Å². The fraction of sp³-hybridized carbons (Fsp3) is 0.450. The normalized spacial score (nSPS) is 21.1. The van der Waals surface area contributed by atoms with Crippen LogP contribution in [0.15, 0.2) is 42.9 Å². The largest absolute Gasteiger partial charge is 0.370 e. The van der Waals surface area contributed by atoms with Crippen LogP contribution in [0.3, 0.4) is 0 Å². The predicted octanol–water partition coefficient (Wildman–Crippen LogP) is 3.06. The minimum Gasteiger partial charge on any atom is -0.370 e. The third kappa shape index (κ3) is 2.84. The maximum Gasteiger partial charge on any atom is 0.108 e. The number of rotatable bonds is 4. The van der Waals surface area contributed by atoms with E-state index in [-0.39, 0.29) is 0 Å². The van der Waals surface area contributed by atoms with E-state index in [2.05, 4.69) is 49.5 Å². The summed E-state index contributed by atoms with van der Waals surface area (Å²) < 4.78 is 1.96. The van der Waals surface area contributed by atoms with E-state index in [1.807, 2.05) is 23.0 Å². The molecule has 3 aromatic heterocycles. The molecule has 0 radical (unpaired) electrons. The zero-order valence-electron chi connectivity index (χ0n) is 15.0. The van der Waals surface area contributed by atoms with E-state index in [0.29, 0.717) is 6.04 Å². The second-order valence-corrected chi connectivity index (χ2v) is 7.38. The molecule has 0 aromatic carbocycles. The van der Waals surface area contributed by atoms with Gasteiger partial charge in [-0.15, -0.1) is 5.10 Å². The SMILES string of the molecule is c1cncc(CN2CCCC2c2nnn3cc(N4CCCC4)ccc23)c1. The highest BCUT2D eigenvalue weighted by molar-refractivity contribution is 5.58. The first-order valence-corrected chi connectivity index (χ1v) is 9.61. The summed E-state index contributed by atoms with van der Waals surface area (Å²) in [6.45, 7) is 4.32. The maximum absolute atomic E-state index is 4.57. The zero-order chi connectivity index (χ0) is 17.3. The van der Waals surface area contributed by atoms with Crippen molar-refractivity contribution in [3.8, 4) is 0 Å². The number of nitrogens with zero attached hydrogens (tertiary/aromatic N) is 6. The molecule has 0 spiro atoms. The van der Waals surface area contributed by atoms with Gasteiger partial charge in [0.1, 0.15) is 5.69 Å². The third-order valence-corrected chi connectivity index (χ3v) is 5.68. The van der Waals surface area contributed by atoms with Crippen LogP contribution >= 0.6 is 0 Å². The van der Waals surface area contributed by atoms with Gasteiger partial charge in [-0.3, -0.25) is 9.88 Å². The van der Waals surface area contributed by atoms with Gasteiger partial charge in [0.25, 0.3) is 0 Å². The standard InChI is InChI=1S/C20H24N6/c1-2-11-24(10-1)17-7-8-19-20(22-23-26(19)15-17)18-6-4-12-25(18)14-16-5-3-9-21-13-16/h3,5,7-9,13,15,18H,1-2,4,6,10-12,14H2. The molecule has 1 atom stereocenters. The predicted molar refractivity (Wildman–Crippen MR) is 101 cm³/mol. The lowest BCUT2D eigenvalue weighted by molar-refractivity contribution is 0.245. The highest BCUT2D eigenvalue weighted by Crippen LogP contribution is 2.34. The molecule has 5 heterocycles. The first kappa shape index (κ1) is 15.8. The molecule has 2 saturated heterocycles. The Bertz CT molecular complexity index is 884. The third-order valence-electron chi connectivity index (χ3n) is 5.68. The van der Waals surface area contributed by atoms with Crippen LogP contribution in [-0.2, 0) is 6.54 Å². The molecule has 0 aliphatic carbocycles. The molecule has 6 heteroatoms. The Labute approximate surface area is 153 Å². The van der Waals surface area contributed by atoms with Crippen LogP contribution in [-0.4, -0.2) is 44.3 Å². The van der Waals surface area contributed by atoms with Crippen molar-refractivity contribution in [2.45, 2.75) is 38.3 Å². The minimum absolute atomic E-state index is 0.338. The minimum atomic E-state index is 0.338. The van der Waals surface area contributed by atoms with Crippen molar-refractivity contribution in [3.63, 3.8) is 0 Å². The summed E-state index contributed by atoms with van der Waals surface area (Å²) in [7, 11) is 0. The Kier molecular flexibility index (Phi) is 4.05. The Morgan fingerprint density at radius 2 is 1.96 bits per heavy atom. The van der Waals surface area contributed by atoms with Crippen molar-refractivity contribution in [1.82, 2.24) is 24.7 Å². The molecule has 2 aliphatic rings. The van der Waals surface area contributed by atoms with Crippen LogP contribution in [0.5, 0.6) is 0 Å². The number of anilines is 1. The van der Waals surface area contributed by atoms with Gasteiger partial charge in [0.05, 0.1) is 23.4 Å². The van der Waals surface area contributed by atoms with Gasteiger partial charge in [-0.1, -0.05) is 11.3 Å². The fourth-order valence-electron chi connectivity index (χ4n) is 4.35. The summed E-state index contributed by atoms with van der Waals surface area (Å²) in [5.74, 6) is 0. The van der Waals surface area contributed by atoms with Gasteiger partial charge in [-0.05, 0) is 56.0 Å². The number of hydrogen-bond acceptors (Lipinski definition) is 5. The van der Waals surface area contributed by atoms with Gasteiger partial charge in [-0.2, -0.15) is 0 Å². The van der Waals surface area contributed by atoms with Gasteiger partial charge in [-0.25, -0.2) is 4.52 Å². The molecule has 5 rings (SSSR count). The monoisotopic (exact) mass is 348 g/mol. The Morgan fingerprint density at radius 1 is 1.04 bits per heavy atom. The summed E-state index contributed by atoms with van der Waals surface area (Å²) in [5.41, 5.74) is 4.76. The molecule has 6 nitrogen and oxygen atoms in total. The summed E-state index contributed by atoms with van der Waals surface area (Å²) in [6.07, 6.45) is 10.8. The van der Waals surface area contributed by atoms with Crippen molar-refractivity contribution in [2.24, 2.45) is 0 Å². The van der Waals surface area contributed by atoms with E-state index in [9.17, 15) is 0 Å². The Morgan fingerprint density at radius 3 is 2.81 bits per heavy atom. The topological polar surface area (TPSA) is 49.6 Å². The Balaban J connectivity index is 1.42. The molecule has 3 aromatic rings.